The summed E-state index contributed by atoms with van der Waals surface area (Å²) in [5.41, 5.74) is 4.99. The molecule has 3 rings (SSSR count). The van der Waals surface area contributed by atoms with E-state index in [1.54, 1.807) is 0 Å². The van der Waals surface area contributed by atoms with Crippen molar-refractivity contribution in [2.45, 2.75) is 32.9 Å². The van der Waals surface area contributed by atoms with Crippen molar-refractivity contribution < 1.29 is 0 Å². The lowest BCUT2D eigenvalue weighted by molar-refractivity contribution is 0.307. The number of nitrogens with one attached hydrogen (secondary N) is 1. The summed E-state index contributed by atoms with van der Waals surface area (Å²) in [5, 5.41) is 13.1. The van der Waals surface area contributed by atoms with E-state index in [-0.39, 0.29) is 17.5 Å². The van der Waals surface area contributed by atoms with Crippen LogP contribution in [0, 0.1) is 16.7 Å². The molecule has 1 atom stereocenters. The summed E-state index contributed by atoms with van der Waals surface area (Å²) in [4.78, 5) is 0. The predicted molar refractivity (Wildman–Crippen MR) is 85.7 cm³/mol. The molecule has 2 aromatic rings. The molecule has 0 saturated heterocycles. The molecule has 1 N–H and O–H groups in total. The Kier molecular flexibility index (Phi) is 3.31. The molecule has 2 aromatic carbocycles. The van der Waals surface area contributed by atoms with E-state index < -0.39 is 0 Å². The molecule has 0 amide bonds. The van der Waals surface area contributed by atoms with Gasteiger partial charge in [-0.05, 0) is 27.7 Å². The zero-order chi connectivity index (χ0) is 15.0. The number of nitriles is 1. The van der Waals surface area contributed by atoms with Crippen LogP contribution in [-0.4, -0.2) is 6.04 Å². The Morgan fingerprint density at radius 2 is 1.43 bits per heavy atom. The lowest BCUT2D eigenvalue weighted by Gasteiger charge is -2.29. The first-order valence-corrected chi connectivity index (χ1v) is 7.36. The highest BCUT2D eigenvalue weighted by atomic mass is 15.0. The molecule has 1 aliphatic rings. The van der Waals surface area contributed by atoms with Gasteiger partial charge in [0.25, 0.3) is 0 Å². The van der Waals surface area contributed by atoms with Gasteiger partial charge in [0.1, 0.15) is 6.04 Å². The van der Waals surface area contributed by atoms with E-state index >= 15 is 0 Å². The van der Waals surface area contributed by atoms with E-state index in [9.17, 15) is 5.26 Å². The normalized spacial score (nSPS) is 15.1. The molecule has 0 fully saturated rings. The van der Waals surface area contributed by atoms with Crippen LogP contribution in [0.5, 0.6) is 0 Å². The smallest absolute Gasteiger partial charge is 0.101 e. The van der Waals surface area contributed by atoms with Crippen LogP contribution in [0.2, 0.25) is 0 Å². The molecule has 0 bridgehead atoms. The van der Waals surface area contributed by atoms with E-state index in [2.05, 4.69) is 80.7 Å². The molecule has 0 spiro atoms. The van der Waals surface area contributed by atoms with Crippen molar-refractivity contribution in [3.8, 4) is 17.2 Å². The molecular weight excluding hydrogens is 256 g/mol. The first-order chi connectivity index (χ1) is 10.0. The van der Waals surface area contributed by atoms with Crippen LogP contribution in [-0.2, 0) is 0 Å². The van der Waals surface area contributed by atoms with Crippen LogP contribution in [0.25, 0.3) is 11.1 Å². The molecule has 0 aromatic heterocycles. The van der Waals surface area contributed by atoms with Crippen molar-refractivity contribution in [3.63, 3.8) is 0 Å². The lowest BCUT2D eigenvalue weighted by Crippen LogP contribution is -2.41. The van der Waals surface area contributed by atoms with Crippen LogP contribution in [0.3, 0.4) is 0 Å². The lowest BCUT2D eigenvalue weighted by atomic mass is 9.86. The van der Waals surface area contributed by atoms with Crippen molar-refractivity contribution in [2.75, 3.05) is 0 Å². The Hall–Kier alpha value is -2.11. The maximum absolute atomic E-state index is 9.51. The van der Waals surface area contributed by atoms with Crippen LogP contribution >= 0.6 is 0 Å². The fourth-order valence-corrected chi connectivity index (χ4v) is 2.98. The van der Waals surface area contributed by atoms with E-state index in [1.807, 2.05) is 0 Å². The molecule has 1 aliphatic carbocycles. The Morgan fingerprint density at radius 3 is 1.86 bits per heavy atom. The van der Waals surface area contributed by atoms with E-state index in [0.717, 1.165) is 0 Å². The van der Waals surface area contributed by atoms with Gasteiger partial charge in [-0.25, -0.2) is 0 Å². The number of rotatable bonds is 2. The van der Waals surface area contributed by atoms with Gasteiger partial charge in [-0.3, -0.25) is 5.32 Å². The first kappa shape index (κ1) is 13.9. The minimum atomic E-state index is -0.193. The van der Waals surface area contributed by atoms with E-state index in [0.29, 0.717) is 0 Å². The third kappa shape index (κ3) is 2.34. The predicted octanol–water partition coefficient (Wildman–Crippen LogP) is 4.28. The topological polar surface area (TPSA) is 35.8 Å². The van der Waals surface area contributed by atoms with Gasteiger partial charge < -0.3 is 0 Å². The van der Waals surface area contributed by atoms with E-state index in [4.69, 9.17) is 0 Å². The van der Waals surface area contributed by atoms with Gasteiger partial charge in [0.05, 0.1) is 12.1 Å². The monoisotopic (exact) mass is 276 g/mol. The summed E-state index contributed by atoms with van der Waals surface area (Å²) in [6, 6.07) is 19.2. The second-order valence-electron chi connectivity index (χ2n) is 6.70. The summed E-state index contributed by atoms with van der Waals surface area (Å²) in [6.07, 6.45) is 0. The van der Waals surface area contributed by atoms with Crippen molar-refractivity contribution >= 4 is 0 Å². The maximum Gasteiger partial charge on any atom is 0.101 e. The maximum atomic E-state index is 9.51. The second-order valence-corrected chi connectivity index (χ2v) is 6.70. The van der Waals surface area contributed by atoms with Crippen LogP contribution < -0.4 is 5.32 Å². The third-order valence-electron chi connectivity index (χ3n) is 4.16. The molecule has 2 nitrogen and oxygen atoms in total. The highest BCUT2D eigenvalue weighted by molar-refractivity contribution is 5.78. The number of benzene rings is 2. The third-order valence-corrected chi connectivity index (χ3v) is 4.16. The zero-order valence-corrected chi connectivity index (χ0v) is 12.7. The summed E-state index contributed by atoms with van der Waals surface area (Å²) in [7, 11) is 0. The SMILES string of the molecule is CC(C)(C)[C@H](C#N)NC1c2ccccc2-c2ccccc21. The Morgan fingerprint density at radius 1 is 0.952 bits per heavy atom. The standard InChI is InChI=1S/C19H20N2/c1-19(2,3)17(12-20)21-18-15-10-6-4-8-13(15)14-9-5-7-11-16(14)18/h4-11,17-18,21H,1-3H3/t17-/m0/s1. The second kappa shape index (κ2) is 5.02. The number of hydrogen-bond donors (Lipinski definition) is 1. The van der Waals surface area contributed by atoms with Gasteiger partial charge in [0.15, 0.2) is 0 Å². The van der Waals surface area contributed by atoms with Crippen molar-refractivity contribution in [1.82, 2.24) is 5.32 Å². The Labute approximate surface area is 126 Å². The molecule has 0 aliphatic heterocycles. The molecule has 106 valence electrons. The fraction of sp³-hybridized carbons (Fsp3) is 0.316. The average Bonchev–Trinajstić information content (AvgIpc) is 2.78. The van der Waals surface area contributed by atoms with Gasteiger partial charge >= 0.3 is 0 Å². The summed E-state index contributed by atoms with van der Waals surface area (Å²) < 4.78 is 0. The summed E-state index contributed by atoms with van der Waals surface area (Å²) >= 11 is 0. The van der Waals surface area contributed by atoms with Gasteiger partial charge in [-0.15, -0.1) is 0 Å². The largest absolute Gasteiger partial charge is 0.291 e. The Bertz CT molecular complexity index is 658. The highest BCUT2D eigenvalue weighted by Crippen LogP contribution is 2.43. The minimum absolute atomic E-state index is 0.0960. The zero-order valence-electron chi connectivity index (χ0n) is 12.7. The fourth-order valence-electron chi connectivity index (χ4n) is 2.98. The van der Waals surface area contributed by atoms with Crippen LogP contribution in [0.4, 0.5) is 0 Å². The number of fused-ring (bicyclic) bond motifs is 3. The molecule has 0 saturated carbocycles. The first-order valence-electron chi connectivity index (χ1n) is 7.36. The molecule has 0 radical (unpaired) electrons. The van der Waals surface area contributed by atoms with Gasteiger partial charge in [-0.2, -0.15) is 5.26 Å². The van der Waals surface area contributed by atoms with Crippen molar-refractivity contribution in [1.29, 1.82) is 5.26 Å². The summed E-state index contributed by atoms with van der Waals surface area (Å²) in [6.45, 7) is 6.29. The molecule has 0 heterocycles. The quantitative estimate of drug-likeness (QED) is 0.888. The van der Waals surface area contributed by atoms with Crippen molar-refractivity contribution in [2.24, 2.45) is 5.41 Å². The molecule has 2 heteroatoms. The van der Waals surface area contributed by atoms with Gasteiger partial charge in [0, 0.05) is 0 Å². The minimum Gasteiger partial charge on any atom is -0.291 e. The van der Waals surface area contributed by atoms with Gasteiger partial charge in [0.2, 0.25) is 0 Å². The van der Waals surface area contributed by atoms with Gasteiger partial charge in [-0.1, -0.05) is 69.3 Å². The highest BCUT2D eigenvalue weighted by Gasteiger charge is 2.33. The number of nitrogens with zero attached hydrogens (tertiary/aromatic N) is 1. The van der Waals surface area contributed by atoms with Crippen LogP contribution in [0.1, 0.15) is 37.9 Å². The van der Waals surface area contributed by atoms with Crippen molar-refractivity contribution in [3.05, 3.63) is 59.7 Å². The van der Waals surface area contributed by atoms with Crippen LogP contribution in [0.15, 0.2) is 48.5 Å². The molecule has 0 unspecified atom stereocenters. The molecular formula is C19H20N2. The molecule has 21 heavy (non-hydrogen) atoms. The number of hydrogen-bond acceptors (Lipinski definition) is 2. The Balaban J connectivity index is 2.05. The summed E-state index contributed by atoms with van der Waals surface area (Å²) in [5.74, 6) is 0. The van der Waals surface area contributed by atoms with E-state index in [1.165, 1.54) is 22.3 Å². The average molecular weight is 276 g/mol.